The SMILES string of the molecule is CC1CCC2(C)C1c1cc(-c3ccc4ccc5c(-c6ccc7c(c6)C6C(C)CCC6(C)N7c6ccccc6)cc(-c6ccc7c(c6)C6C(C)CCC6(C)N7c6ccccc6)c6ccc3c4c56)ccc1N2c1ccccc1. The molecule has 76 heavy (non-hydrogen) atoms. The lowest BCUT2D eigenvalue weighted by atomic mass is 9.80. The van der Waals surface area contributed by atoms with Crippen molar-refractivity contribution in [1.82, 2.24) is 0 Å². The van der Waals surface area contributed by atoms with Gasteiger partial charge in [-0.15, -0.1) is 0 Å². The van der Waals surface area contributed by atoms with Crippen molar-refractivity contribution in [3.05, 3.63) is 205 Å². The molecule has 10 aromatic carbocycles. The van der Waals surface area contributed by atoms with Crippen LogP contribution in [0.5, 0.6) is 0 Å². The molecule has 9 unspecified atom stereocenters. The summed E-state index contributed by atoms with van der Waals surface area (Å²) in [5, 5.41) is 8.08. The van der Waals surface area contributed by atoms with Gasteiger partial charge >= 0.3 is 0 Å². The summed E-state index contributed by atoms with van der Waals surface area (Å²) in [5.41, 5.74) is 20.6. The van der Waals surface area contributed by atoms with Crippen molar-refractivity contribution in [1.29, 1.82) is 0 Å². The van der Waals surface area contributed by atoms with Crippen LogP contribution in [0, 0.1) is 17.8 Å². The molecular formula is C73H67N3. The Morgan fingerprint density at radius 3 is 1.08 bits per heavy atom. The first kappa shape index (κ1) is 44.9. The maximum Gasteiger partial charge on any atom is 0.0495 e. The highest BCUT2D eigenvalue weighted by Gasteiger charge is 2.57. The highest BCUT2D eigenvalue weighted by atomic mass is 15.3. The first-order valence-corrected chi connectivity index (χ1v) is 28.8. The molecule has 16 rings (SSSR count). The van der Waals surface area contributed by atoms with Crippen molar-refractivity contribution in [2.75, 3.05) is 14.7 Å². The van der Waals surface area contributed by atoms with Gasteiger partial charge in [0.05, 0.1) is 0 Å². The average Bonchev–Trinajstić information content (AvgIpc) is 4.28. The quantitative estimate of drug-likeness (QED) is 0.154. The Kier molecular flexibility index (Phi) is 9.37. The van der Waals surface area contributed by atoms with Gasteiger partial charge in [-0.3, -0.25) is 0 Å². The minimum Gasteiger partial charge on any atom is -0.335 e. The lowest BCUT2D eigenvalue weighted by Crippen LogP contribution is -2.40. The minimum atomic E-state index is 0.0295. The van der Waals surface area contributed by atoms with E-state index in [-0.39, 0.29) is 16.6 Å². The molecule has 3 saturated carbocycles. The van der Waals surface area contributed by atoms with E-state index in [1.54, 1.807) is 0 Å². The Morgan fingerprint density at radius 2 is 0.684 bits per heavy atom. The topological polar surface area (TPSA) is 9.72 Å². The summed E-state index contributed by atoms with van der Waals surface area (Å²) in [4.78, 5) is 8.08. The largest absolute Gasteiger partial charge is 0.335 e. The smallest absolute Gasteiger partial charge is 0.0495 e. The minimum absolute atomic E-state index is 0.0295. The summed E-state index contributed by atoms with van der Waals surface area (Å²) < 4.78 is 0. The van der Waals surface area contributed by atoms with E-state index < -0.39 is 0 Å². The number of hydrogen-bond donors (Lipinski definition) is 0. The molecule has 3 heteroatoms. The van der Waals surface area contributed by atoms with Gasteiger partial charge in [0.15, 0.2) is 0 Å². The molecule has 0 bridgehead atoms. The van der Waals surface area contributed by atoms with E-state index in [2.05, 4.69) is 244 Å². The van der Waals surface area contributed by atoms with Crippen molar-refractivity contribution in [3.8, 4) is 33.4 Å². The van der Waals surface area contributed by atoms with E-state index in [4.69, 9.17) is 0 Å². The molecule has 0 amide bonds. The molecule has 6 aliphatic rings. The summed E-state index contributed by atoms with van der Waals surface area (Å²) in [6.07, 6.45) is 7.32. The molecular weight excluding hydrogens is 919 g/mol. The van der Waals surface area contributed by atoms with Crippen LogP contribution < -0.4 is 14.7 Å². The second-order valence-corrected chi connectivity index (χ2v) is 25.2. The maximum atomic E-state index is 2.70. The Morgan fingerprint density at radius 1 is 0.342 bits per heavy atom. The van der Waals surface area contributed by atoms with Crippen LogP contribution in [0.2, 0.25) is 0 Å². The number of rotatable bonds is 6. The van der Waals surface area contributed by atoms with Gasteiger partial charge in [0.1, 0.15) is 0 Å². The zero-order chi connectivity index (χ0) is 51.0. The Hall–Kier alpha value is -7.36. The lowest BCUT2D eigenvalue weighted by Gasteiger charge is -2.38. The number of nitrogens with zero attached hydrogens (tertiary/aromatic N) is 3. The van der Waals surface area contributed by atoms with Gasteiger partial charge in [0, 0.05) is 68.5 Å². The van der Waals surface area contributed by atoms with E-state index in [0.717, 1.165) is 0 Å². The second-order valence-electron chi connectivity index (χ2n) is 25.2. The molecule has 0 radical (unpaired) electrons. The third-order valence-corrected chi connectivity index (χ3v) is 21.1. The zero-order valence-electron chi connectivity index (χ0n) is 44.9. The molecule has 3 aliphatic heterocycles. The van der Waals surface area contributed by atoms with E-state index >= 15 is 0 Å². The highest BCUT2D eigenvalue weighted by molar-refractivity contribution is 6.30. The molecule has 374 valence electrons. The molecule has 9 atom stereocenters. The predicted molar refractivity (Wildman–Crippen MR) is 321 cm³/mol. The van der Waals surface area contributed by atoms with Crippen molar-refractivity contribution in [2.24, 2.45) is 17.8 Å². The number of anilines is 6. The molecule has 3 nitrogen and oxygen atoms in total. The molecule has 0 spiro atoms. The molecule has 0 aromatic heterocycles. The van der Waals surface area contributed by atoms with E-state index in [1.807, 2.05) is 0 Å². The predicted octanol–water partition coefficient (Wildman–Crippen LogP) is 19.9. The third kappa shape index (κ3) is 5.90. The molecule has 3 aliphatic carbocycles. The summed E-state index contributed by atoms with van der Waals surface area (Å²) in [6.45, 7) is 15.1. The first-order valence-electron chi connectivity index (χ1n) is 28.8. The van der Waals surface area contributed by atoms with Crippen LogP contribution in [0.3, 0.4) is 0 Å². The zero-order valence-corrected chi connectivity index (χ0v) is 44.9. The molecule has 0 saturated heterocycles. The van der Waals surface area contributed by atoms with Gasteiger partial charge in [-0.05, 0) is 238 Å². The van der Waals surface area contributed by atoms with Crippen molar-refractivity contribution < 1.29 is 0 Å². The van der Waals surface area contributed by atoms with Crippen molar-refractivity contribution in [3.63, 3.8) is 0 Å². The average molecular weight is 986 g/mol. The van der Waals surface area contributed by atoms with Gasteiger partial charge < -0.3 is 14.7 Å². The molecule has 10 aromatic rings. The van der Waals surface area contributed by atoms with E-state index in [0.29, 0.717) is 35.5 Å². The van der Waals surface area contributed by atoms with Crippen LogP contribution in [-0.2, 0) is 0 Å². The van der Waals surface area contributed by atoms with Gasteiger partial charge in [-0.2, -0.15) is 0 Å². The fourth-order valence-electron chi connectivity index (χ4n) is 18.1. The number of fused-ring (bicyclic) bond motifs is 9. The fraction of sp³-hybridized carbons (Fsp3) is 0.288. The van der Waals surface area contributed by atoms with Crippen LogP contribution in [-0.4, -0.2) is 16.6 Å². The van der Waals surface area contributed by atoms with Crippen molar-refractivity contribution in [2.45, 2.75) is 114 Å². The van der Waals surface area contributed by atoms with Crippen LogP contribution in [0.4, 0.5) is 34.1 Å². The highest BCUT2D eigenvalue weighted by Crippen LogP contribution is 2.65. The maximum absolute atomic E-state index is 2.70. The van der Waals surface area contributed by atoms with Crippen molar-refractivity contribution >= 4 is 66.4 Å². The van der Waals surface area contributed by atoms with Crippen LogP contribution in [0.1, 0.15) is 115 Å². The lowest BCUT2D eigenvalue weighted by molar-refractivity contribution is 0.414. The van der Waals surface area contributed by atoms with Gasteiger partial charge in [0.25, 0.3) is 0 Å². The van der Waals surface area contributed by atoms with Gasteiger partial charge in [0.2, 0.25) is 0 Å². The number of benzene rings is 10. The molecule has 3 fully saturated rings. The fourth-order valence-corrected chi connectivity index (χ4v) is 18.1. The monoisotopic (exact) mass is 986 g/mol. The Labute approximate surface area is 449 Å². The summed E-state index contributed by atoms with van der Waals surface area (Å²) in [5.74, 6) is 3.19. The first-order chi connectivity index (χ1) is 37.0. The molecule has 3 heterocycles. The standard InChI is InChI=1S/C73H67N3/c1-44-34-37-71(4)68(44)60-40-48(24-31-63(60)74(71)51-16-10-7-11-17-51)54-27-22-47-23-28-56-58(49-25-32-64-61(41-49)69-45(2)35-38-72(69,5)75(64)52-18-12-8-13-19-52)43-59(57-30-29-55(54)66(47)67(56)57)50-26-33-65-62(42-50)70-46(3)36-39-73(70,6)76(65)53-20-14-9-15-21-53/h7-33,40-46,68-70H,34-39H2,1-6H3. The summed E-state index contributed by atoms with van der Waals surface area (Å²) in [6, 6.07) is 73.4. The van der Waals surface area contributed by atoms with Gasteiger partial charge in [-0.1, -0.05) is 130 Å². The van der Waals surface area contributed by atoms with E-state index in [1.165, 1.54) is 155 Å². The van der Waals surface area contributed by atoms with Crippen LogP contribution >= 0.6 is 0 Å². The Balaban J connectivity index is 0.922. The summed E-state index contributed by atoms with van der Waals surface area (Å²) >= 11 is 0. The second kappa shape index (κ2) is 15.9. The van der Waals surface area contributed by atoms with Crippen LogP contribution in [0.15, 0.2) is 188 Å². The normalized spacial score (nSPS) is 27.9. The van der Waals surface area contributed by atoms with Gasteiger partial charge in [-0.25, -0.2) is 0 Å². The third-order valence-electron chi connectivity index (χ3n) is 21.1. The van der Waals surface area contributed by atoms with E-state index in [9.17, 15) is 0 Å². The molecule has 0 N–H and O–H groups in total. The number of hydrogen-bond acceptors (Lipinski definition) is 3. The Bertz CT molecular complexity index is 3850. The van der Waals surface area contributed by atoms with Crippen LogP contribution in [0.25, 0.3) is 65.7 Å². The summed E-state index contributed by atoms with van der Waals surface area (Å²) in [7, 11) is 0. The number of para-hydroxylation sites is 3.